The molecule has 1 saturated carbocycles. The highest BCUT2D eigenvalue weighted by Crippen LogP contribution is 2.38. The van der Waals surface area contributed by atoms with E-state index in [1.54, 1.807) is 41.1 Å². The number of esters is 1. The van der Waals surface area contributed by atoms with Crippen molar-refractivity contribution in [1.29, 1.82) is 0 Å². The Balaban J connectivity index is 1.46. The van der Waals surface area contributed by atoms with E-state index >= 15 is 0 Å². The molecule has 2 N–H and O–H groups in total. The lowest BCUT2D eigenvalue weighted by atomic mass is 9.94. The molecule has 0 radical (unpaired) electrons. The van der Waals surface area contributed by atoms with Crippen LogP contribution in [0.3, 0.4) is 0 Å². The number of benzene rings is 2. The van der Waals surface area contributed by atoms with E-state index in [2.05, 4.69) is 15.4 Å². The van der Waals surface area contributed by atoms with Crippen LogP contribution < -0.4 is 5.32 Å². The Labute approximate surface area is 207 Å². The lowest BCUT2D eigenvalue weighted by Crippen LogP contribution is -2.32. The number of carbonyl (C=O) groups excluding carboxylic acids is 1. The van der Waals surface area contributed by atoms with Crippen LogP contribution in [0.25, 0.3) is 0 Å². The molecule has 2 aliphatic rings. The summed E-state index contributed by atoms with van der Waals surface area (Å²) in [6.45, 7) is 1.82. The highest BCUT2D eigenvalue weighted by molar-refractivity contribution is 7.98. The second-order valence-corrected chi connectivity index (χ2v) is 9.81. The van der Waals surface area contributed by atoms with Gasteiger partial charge in [0.05, 0.1) is 5.57 Å². The van der Waals surface area contributed by atoms with Crippen molar-refractivity contribution in [1.82, 2.24) is 14.8 Å². The Kier molecular flexibility index (Phi) is 6.77. The maximum absolute atomic E-state index is 14.1. The third-order valence-electron chi connectivity index (χ3n) is 6.38. The summed E-state index contributed by atoms with van der Waals surface area (Å²) >= 11 is 1.31. The van der Waals surface area contributed by atoms with Crippen molar-refractivity contribution in [2.45, 2.75) is 62.1 Å². The molecule has 0 saturated heterocycles. The monoisotopic (exact) mass is 494 g/mol. The largest absolute Gasteiger partial charge is 0.508 e. The molecule has 0 bridgehead atoms. The van der Waals surface area contributed by atoms with Crippen LogP contribution in [0.1, 0.15) is 56.2 Å². The number of nitrogens with one attached hydrogen (secondary N) is 1. The van der Waals surface area contributed by atoms with E-state index < -0.39 is 12.0 Å². The molecule has 2 aromatic carbocycles. The van der Waals surface area contributed by atoms with Gasteiger partial charge in [-0.15, -0.1) is 5.10 Å². The number of hydrogen-bond donors (Lipinski definition) is 2. The normalized spacial score (nSPS) is 18.2. The fraction of sp³-hybridized carbons (Fsp3) is 0.346. The molecule has 1 aromatic heterocycles. The first-order valence-corrected chi connectivity index (χ1v) is 12.8. The molecule has 1 aliphatic heterocycles. The fourth-order valence-electron chi connectivity index (χ4n) is 4.62. The summed E-state index contributed by atoms with van der Waals surface area (Å²) in [5.74, 6) is 0.271. The minimum absolute atomic E-state index is 0.0921. The van der Waals surface area contributed by atoms with Gasteiger partial charge in [-0.3, -0.25) is 0 Å². The van der Waals surface area contributed by atoms with Gasteiger partial charge in [-0.05, 0) is 61.9 Å². The van der Waals surface area contributed by atoms with Crippen molar-refractivity contribution >= 4 is 23.7 Å². The molecule has 3 aromatic rings. The highest BCUT2D eigenvalue weighted by Gasteiger charge is 2.36. The van der Waals surface area contributed by atoms with Crippen LogP contribution in [0, 0.1) is 5.82 Å². The number of aromatic nitrogens is 3. The number of nitrogens with zero attached hydrogens (tertiary/aromatic N) is 3. The van der Waals surface area contributed by atoms with Gasteiger partial charge in [-0.2, -0.15) is 4.98 Å². The van der Waals surface area contributed by atoms with E-state index in [9.17, 15) is 14.3 Å². The third kappa shape index (κ3) is 5.05. The Morgan fingerprint density at radius 3 is 2.77 bits per heavy atom. The number of phenolic OH excluding ortho intramolecular Hbond substituents is 1. The van der Waals surface area contributed by atoms with Crippen LogP contribution in [-0.2, 0) is 15.3 Å². The van der Waals surface area contributed by atoms with Crippen LogP contribution in [0.4, 0.5) is 10.3 Å². The summed E-state index contributed by atoms with van der Waals surface area (Å²) in [6.07, 6.45) is 4.92. The zero-order valence-corrected chi connectivity index (χ0v) is 20.2. The van der Waals surface area contributed by atoms with E-state index in [1.807, 2.05) is 13.0 Å². The summed E-state index contributed by atoms with van der Waals surface area (Å²) in [6, 6.07) is 12.8. The summed E-state index contributed by atoms with van der Waals surface area (Å²) in [7, 11) is 0. The van der Waals surface area contributed by atoms with Gasteiger partial charge in [0, 0.05) is 11.4 Å². The number of anilines is 1. The smallest absolute Gasteiger partial charge is 0.338 e. The predicted octanol–water partition coefficient (Wildman–Crippen LogP) is 5.58. The zero-order valence-electron chi connectivity index (χ0n) is 19.4. The molecule has 5 rings (SSSR count). The maximum atomic E-state index is 14.1. The first kappa shape index (κ1) is 23.4. The average molecular weight is 495 g/mol. The molecule has 7 nitrogen and oxygen atoms in total. The lowest BCUT2D eigenvalue weighted by Gasteiger charge is -2.30. The number of thioether (sulfide) groups is 1. The van der Waals surface area contributed by atoms with Crippen LogP contribution in [0.2, 0.25) is 0 Å². The Bertz CT molecular complexity index is 1270. The molecule has 0 spiro atoms. The second kappa shape index (κ2) is 10.1. The molecule has 2 heterocycles. The number of carbonyl (C=O) groups is 1. The number of allylic oxidation sites excluding steroid dienone is 1. The molecule has 1 atom stereocenters. The van der Waals surface area contributed by atoms with Gasteiger partial charge >= 0.3 is 5.97 Å². The fourth-order valence-corrected chi connectivity index (χ4v) is 5.43. The quantitative estimate of drug-likeness (QED) is 0.342. The summed E-state index contributed by atoms with van der Waals surface area (Å²) in [5, 5.41) is 18.5. The Morgan fingerprint density at radius 2 is 2.00 bits per heavy atom. The van der Waals surface area contributed by atoms with Gasteiger partial charge < -0.3 is 15.2 Å². The number of halogens is 1. The summed E-state index contributed by atoms with van der Waals surface area (Å²) in [4.78, 5) is 18.0. The van der Waals surface area contributed by atoms with Gasteiger partial charge in [-0.1, -0.05) is 48.5 Å². The average Bonchev–Trinajstić information content (AvgIpc) is 3.25. The summed E-state index contributed by atoms with van der Waals surface area (Å²) in [5.41, 5.74) is 2.32. The molecule has 0 amide bonds. The van der Waals surface area contributed by atoms with Gasteiger partial charge in [0.25, 0.3) is 0 Å². The van der Waals surface area contributed by atoms with Crippen molar-refractivity contribution in [2.75, 3.05) is 5.32 Å². The molecule has 1 aliphatic carbocycles. The molecule has 1 fully saturated rings. The highest BCUT2D eigenvalue weighted by atomic mass is 32.2. The van der Waals surface area contributed by atoms with Crippen LogP contribution >= 0.6 is 11.8 Å². The predicted molar refractivity (Wildman–Crippen MR) is 132 cm³/mol. The van der Waals surface area contributed by atoms with Crippen molar-refractivity contribution < 1.29 is 19.0 Å². The number of phenols is 1. The van der Waals surface area contributed by atoms with Crippen molar-refractivity contribution in [3.8, 4) is 5.75 Å². The minimum atomic E-state index is -0.621. The molecule has 9 heteroatoms. The van der Waals surface area contributed by atoms with Crippen LogP contribution in [-0.4, -0.2) is 31.9 Å². The first-order valence-electron chi connectivity index (χ1n) is 11.8. The van der Waals surface area contributed by atoms with E-state index in [0.717, 1.165) is 25.7 Å². The molecule has 182 valence electrons. The molecular weight excluding hydrogens is 467 g/mol. The van der Waals surface area contributed by atoms with E-state index in [4.69, 9.17) is 4.74 Å². The van der Waals surface area contributed by atoms with Crippen molar-refractivity contribution in [2.24, 2.45) is 0 Å². The minimum Gasteiger partial charge on any atom is -0.508 e. The number of fused-ring (bicyclic) bond motifs is 1. The van der Waals surface area contributed by atoms with Crippen LogP contribution in [0.15, 0.2) is 65.0 Å². The van der Waals surface area contributed by atoms with Crippen LogP contribution in [0.5, 0.6) is 5.75 Å². The SMILES string of the molecule is CC1=C(C(=O)OC2CCCCC2)C(c2cccc(O)c2)n2nc(SCc3ccccc3F)nc2N1. The van der Waals surface area contributed by atoms with Crippen molar-refractivity contribution in [3.05, 3.63) is 76.7 Å². The number of aromatic hydroxyl groups is 1. The third-order valence-corrected chi connectivity index (χ3v) is 7.27. The summed E-state index contributed by atoms with van der Waals surface area (Å²) < 4.78 is 21.6. The maximum Gasteiger partial charge on any atom is 0.338 e. The Morgan fingerprint density at radius 1 is 1.20 bits per heavy atom. The standard InChI is InChI=1S/C26H27FN4O3S/c1-16-22(24(33)34-20-11-3-2-4-12-20)23(17-9-7-10-19(32)14-17)31-25(28-16)29-26(30-31)35-15-18-8-5-6-13-21(18)27/h5-10,13-14,20,23,32H,2-4,11-12,15H2,1H3,(H,28,29,30). The zero-order chi connectivity index (χ0) is 24.4. The van der Waals surface area contributed by atoms with E-state index in [0.29, 0.717) is 39.3 Å². The van der Waals surface area contributed by atoms with Gasteiger partial charge in [0.1, 0.15) is 23.7 Å². The second-order valence-electron chi connectivity index (χ2n) is 8.87. The number of rotatable bonds is 6. The number of ether oxygens (including phenoxy) is 1. The lowest BCUT2D eigenvalue weighted by molar-refractivity contribution is -0.146. The van der Waals surface area contributed by atoms with E-state index in [1.165, 1.54) is 24.2 Å². The molecule has 35 heavy (non-hydrogen) atoms. The van der Waals surface area contributed by atoms with E-state index in [-0.39, 0.29) is 17.7 Å². The molecular formula is C26H27FN4O3S. The topological polar surface area (TPSA) is 89.3 Å². The van der Waals surface area contributed by atoms with Gasteiger partial charge in [0.2, 0.25) is 11.1 Å². The van der Waals surface area contributed by atoms with Gasteiger partial charge in [-0.25, -0.2) is 13.9 Å². The number of hydrogen-bond acceptors (Lipinski definition) is 7. The molecule has 1 unspecified atom stereocenters. The Hall–Kier alpha value is -3.33. The van der Waals surface area contributed by atoms with Gasteiger partial charge in [0.15, 0.2) is 0 Å². The first-order chi connectivity index (χ1) is 17.0. The van der Waals surface area contributed by atoms with Crippen molar-refractivity contribution in [3.63, 3.8) is 0 Å².